The quantitative estimate of drug-likeness (QED) is 0.513. The van der Waals surface area contributed by atoms with E-state index in [1.165, 1.54) is 0 Å². The molecule has 0 aliphatic carbocycles. The Morgan fingerprint density at radius 2 is 2.22 bits per heavy atom. The highest BCUT2D eigenvalue weighted by molar-refractivity contribution is 8.00. The average Bonchev–Trinajstić information content (AvgIpc) is 2.38. The maximum atomic E-state index is 11.9. The Balaban J connectivity index is 2.06. The molecule has 0 fully saturated rings. The van der Waals surface area contributed by atoms with Crippen molar-refractivity contribution in [3.63, 3.8) is 0 Å². The number of anilines is 1. The second-order valence-electron chi connectivity index (χ2n) is 4.08. The highest BCUT2D eigenvalue weighted by Crippen LogP contribution is 2.24. The van der Waals surface area contributed by atoms with Crippen LogP contribution in [0, 0.1) is 0 Å². The smallest absolute Gasteiger partial charge is 0.224 e. The first kappa shape index (κ1) is 13.4. The molecule has 0 unspecified atom stereocenters. The first-order valence-electron chi connectivity index (χ1n) is 5.80. The van der Waals surface area contributed by atoms with Gasteiger partial charge in [-0.05, 0) is 30.2 Å². The van der Waals surface area contributed by atoms with Crippen LogP contribution in [0.3, 0.4) is 0 Å². The number of hydrogen-bond acceptors (Lipinski definition) is 3. The zero-order valence-corrected chi connectivity index (χ0v) is 11.4. The SMILES string of the molecule is O=C1CCc2cc(C(=O)CSCCCl)ccc2N1. The molecule has 0 saturated heterocycles. The van der Waals surface area contributed by atoms with E-state index in [-0.39, 0.29) is 11.7 Å². The Kier molecular flexibility index (Phi) is 4.66. The van der Waals surface area contributed by atoms with Crippen LogP contribution < -0.4 is 5.32 Å². The molecule has 1 amide bonds. The summed E-state index contributed by atoms with van der Waals surface area (Å²) < 4.78 is 0. The summed E-state index contributed by atoms with van der Waals surface area (Å²) in [7, 11) is 0. The van der Waals surface area contributed by atoms with E-state index in [1.807, 2.05) is 12.1 Å². The van der Waals surface area contributed by atoms with E-state index in [2.05, 4.69) is 5.32 Å². The maximum Gasteiger partial charge on any atom is 0.224 e. The fourth-order valence-corrected chi connectivity index (χ4v) is 2.79. The van der Waals surface area contributed by atoms with Gasteiger partial charge in [-0.3, -0.25) is 9.59 Å². The van der Waals surface area contributed by atoms with Gasteiger partial charge in [-0.15, -0.1) is 11.6 Å². The van der Waals surface area contributed by atoms with E-state index < -0.39 is 0 Å². The minimum atomic E-state index is 0.0410. The van der Waals surface area contributed by atoms with E-state index in [0.29, 0.717) is 30.0 Å². The largest absolute Gasteiger partial charge is 0.326 e. The van der Waals surface area contributed by atoms with Crippen molar-refractivity contribution in [2.45, 2.75) is 12.8 Å². The number of benzene rings is 1. The highest BCUT2D eigenvalue weighted by atomic mass is 35.5. The molecular formula is C13H14ClNO2S. The minimum absolute atomic E-state index is 0.0410. The van der Waals surface area contributed by atoms with Gasteiger partial charge in [0.05, 0.1) is 5.75 Å². The summed E-state index contributed by atoms with van der Waals surface area (Å²) in [5.41, 5.74) is 2.59. The molecule has 1 aromatic carbocycles. The van der Waals surface area contributed by atoms with E-state index in [0.717, 1.165) is 17.0 Å². The van der Waals surface area contributed by atoms with Gasteiger partial charge in [-0.2, -0.15) is 11.8 Å². The number of thioether (sulfide) groups is 1. The lowest BCUT2D eigenvalue weighted by Crippen LogP contribution is -2.19. The number of amides is 1. The Bertz CT molecular complexity index is 476. The Morgan fingerprint density at radius 3 is 3.00 bits per heavy atom. The van der Waals surface area contributed by atoms with Crippen molar-refractivity contribution in [3.05, 3.63) is 29.3 Å². The number of carbonyl (C=O) groups is 2. The summed E-state index contributed by atoms with van der Waals surface area (Å²) in [5, 5.41) is 2.81. The summed E-state index contributed by atoms with van der Waals surface area (Å²) >= 11 is 7.11. The predicted molar refractivity (Wildman–Crippen MR) is 75.8 cm³/mol. The van der Waals surface area contributed by atoms with Gasteiger partial charge < -0.3 is 5.32 Å². The van der Waals surface area contributed by atoms with Crippen LogP contribution in [-0.2, 0) is 11.2 Å². The van der Waals surface area contributed by atoms with E-state index in [9.17, 15) is 9.59 Å². The van der Waals surface area contributed by atoms with Crippen molar-refractivity contribution in [2.75, 3.05) is 22.7 Å². The Hall–Kier alpha value is -1.00. The van der Waals surface area contributed by atoms with Crippen LogP contribution in [0.15, 0.2) is 18.2 Å². The van der Waals surface area contributed by atoms with Gasteiger partial charge in [0.1, 0.15) is 0 Å². The third kappa shape index (κ3) is 3.27. The van der Waals surface area contributed by atoms with Crippen molar-refractivity contribution in [1.82, 2.24) is 0 Å². The number of hydrogen-bond donors (Lipinski definition) is 1. The molecule has 0 aromatic heterocycles. The number of Topliss-reactive ketones (excluding diaryl/α,β-unsaturated/α-hetero) is 1. The normalized spacial score (nSPS) is 13.9. The number of alkyl halides is 1. The number of halogens is 1. The molecule has 5 heteroatoms. The lowest BCUT2D eigenvalue weighted by atomic mass is 9.99. The molecule has 0 saturated carbocycles. The Morgan fingerprint density at radius 1 is 1.39 bits per heavy atom. The van der Waals surface area contributed by atoms with Crippen LogP contribution in [0.5, 0.6) is 0 Å². The van der Waals surface area contributed by atoms with Gasteiger partial charge in [-0.25, -0.2) is 0 Å². The molecule has 2 rings (SSSR count). The molecule has 1 aromatic rings. The number of aryl methyl sites for hydroxylation is 1. The molecule has 0 spiro atoms. The fourth-order valence-electron chi connectivity index (χ4n) is 1.86. The maximum absolute atomic E-state index is 11.9. The second-order valence-corrected chi connectivity index (χ2v) is 5.57. The zero-order valence-electron chi connectivity index (χ0n) is 9.87. The van der Waals surface area contributed by atoms with Gasteiger partial charge in [0, 0.05) is 29.3 Å². The lowest BCUT2D eigenvalue weighted by molar-refractivity contribution is -0.116. The standard InChI is InChI=1S/C13H14ClNO2S/c14-5-6-18-8-12(16)10-1-3-11-9(7-10)2-4-13(17)15-11/h1,3,7H,2,4-6,8H2,(H,15,17). The average molecular weight is 284 g/mol. The molecule has 96 valence electrons. The van der Waals surface area contributed by atoms with Gasteiger partial charge in [0.2, 0.25) is 5.91 Å². The van der Waals surface area contributed by atoms with Crippen LogP contribution in [0.2, 0.25) is 0 Å². The third-order valence-electron chi connectivity index (χ3n) is 2.78. The van der Waals surface area contributed by atoms with Crippen LogP contribution in [-0.4, -0.2) is 29.1 Å². The summed E-state index contributed by atoms with van der Waals surface area (Å²) in [5.74, 6) is 1.96. The van der Waals surface area contributed by atoms with E-state index >= 15 is 0 Å². The zero-order chi connectivity index (χ0) is 13.0. The topological polar surface area (TPSA) is 46.2 Å². The molecule has 1 aliphatic heterocycles. The highest BCUT2D eigenvalue weighted by Gasteiger charge is 2.16. The number of carbonyl (C=O) groups excluding carboxylic acids is 2. The Labute approximate surface area is 115 Å². The van der Waals surface area contributed by atoms with Gasteiger partial charge >= 0.3 is 0 Å². The first-order chi connectivity index (χ1) is 8.70. The molecule has 1 heterocycles. The number of nitrogens with one attached hydrogen (secondary N) is 1. The van der Waals surface area contributed by atoms with E-state index in [1.54, 1.807) is 17.8 Å². The van der Waals surface area contributed by atoms with Crippen molar-refractivity contribution in [2.24, 2.45) is 0 Å². The van der Waals surface area contributed by atoms with Gasteiger partial charge in [0.15, 0.2) is 5.78 Å². The fraction of sp³-hybridized carbons (Fsp3) is 0.385. The third-order valence-corrected chi connectivity index (χ3v) is 4.15. The van der Waals surface area contributed by atoms with Crippen molar-refractivity contribution < 1.29 is 9.59 Å². The summed E-state index contributed by atoms with van der Waals surface area (Å²) in [6, 6.07) is 5.47. The number of ketones is 1. The van der Waals surface area contributed by atoms with Crippen LogP contribution in [0.4, 0.5) is 5.69 Å². The van der Waals surface area contributed by atoms with Gasteiger partial charge in [0.25, 0.3) is 0 Å². The van der Waals surface area contributed by atoms with Crippen molar-refractivity contribution >= 4 is 40.7 Å². The predicted octanol–water partition coefficient (Wildman–Crippen LogP) is 2.73. The van der Waals surface area contributed by atoms with Gasteiger partial charge in [-0.1, -0.05) is 0 Å². The monoisotopic (exact) mass is 283 g/mol. The number of fused-ring (bicyclic) bond motifs is 1. The molecule has 3 nitrogen and oxygen atoms in total. The lowest BCUT2D eigenvalue weighted by Gasteiger charge is -2.17. The summed E-state index contributed by atoms with van der Waals surface area (Å²) in [6.45, 7) is 0. The van der Waals surface area contributed by atoms with Crippen LogP contribution >= 0.6 is 23.4 Å². The second kappa shape index (κ2) is 6.25. The first-order valence-corrected chi connectivity index (χ1v) is 7.49. The van der Waals surface area contributed by atoms with Crippen molar-refractivity contribution in [1.29, 1.82) is 0 Å². The molecule has 0 bridgehead atoms. The van der Waals surface area contributed by atoms with Crippen LogP contribution in [0.1, 0.15) is 22.3 Å². The van der Waals surface area contributed by atoms with E-state index in [4.69, 9.17) is 11.6 Å². The number of rotatable bonds is 5. The van der Waals surface area contributed by atoms with Crippen LogP contribution in [0.25, 0.3) is 0 Å². The summed E-state index contributed by atoms with van der Waals surface area (Å²) in [4.78, 5) is 23.1. The molecule has 0 atom stereocenters. The minimum Gasteiger partial charge on any atom is -0.326 e. The molecule has 1 N–H and O–H groups in total. The molecule has 18 heavy (non-hydrogen) atoms. The molecule has 0 radical (unpaired) electrons. The molecule has 1 aliphatic rings. The molecular weight excluding hydrogens is 270 g/mol. The van der Waals surface area contributed by atoms with Crippen molar-refractivity contribution in [3.8, 4) is 0 Å². The summed E-state index contributed by atoms with van der Waals surface area (Å²) in [6.07, 6.45) is 1.20.